The zero-order valence-corrected chi connectivity index (χ0v) is 12.2. The van der Waals surface area contributed by atoms with Crippen LogP contribution in [0.4, 0.5) is 5.69 Å². The smallest absolute Gasteiger partial charge is 0.227 e. The Morgan fingerprint density at radius 2 is 2.06 bits per heavy atom. The standard InChI is InChI=1S/C11H9BrCl2N2O2/c12-6-1-2-7(10(14)9(6)13)16-4-5(11(15)18)3-8(16)17/h1-2,5H,3-4H2,(H2,15,18). The SMILES string of the molecule is NC(=O)C1CC(=O)N(c2ccc(Br)c(Cl)c2Cl)C1. The van der Waals surface area contributed by atoms with Gasteiger partial charge in [0.1, 0.15) is 0 Å². The van der Waals surface area contributed by atoms with E-state index in [-0.39, 0.29) is 23.9 Å². The molecule has 2 N–H and O–H groups in total. The van der Waals surface area contributed by atoms with Gasteiger partial charge in [0, 0.05) is 17.4 Å². The Morgan fingerprint density at radius 1 is 1.39 bits per heavy atom. The summed E-state index contributed by atoms with van der Waals surface area (Å²) >= 11 is 15.3. The molecule has 2 amide bonds. The van der Waals surface area contributed by atoms with Gasteiger partial charge in [-0.15, -0.1) is 0 Å². The van der Waals surface area contributed by atoms with Gasteiger partial charge in [-0.25, -0.2) is 0 Å². The lowest BCUT2D eigenvalue weighted by molar-refractivity contribution is -0.123. The van der Waals surface area contributed by atoms with Crippen LogP contribution in [0.1, 0.15) is 6.42 Å². The summed E-state index contributed by atoms with van der Waals surface area (Å²) in [7, 11) is 0. The van der Waals surface area contributed by atoms with Crippen LogP contribution in [0.2, 0.25) is 10.0 Å². The summed E-state index contributed by atoms with van der Waals surface area (Å²) in [5, 5.41) is 0.619. The average molecular weight is 352 g/mol. The summed E-state index contributed by atoms with van der Waals surface area (Å²) in [6.45, 7) is 0.242. The number of halogens is 3. The molecule has 1 saturated heterocycles. The van der Waals surface area contributed by atoms with E-state index >= 15 is 0 Å². The third kappa shape index (κ3) is 2.35. The molecule has 1 aromatic rings. The van der Waals surface area contributed by atoms with Crippen molar-refractivity contribution in [3.05, 3.63) is 26.7 Å². The molecule has 0 saturated carbocycles. The number of nitrogens with two attached hydrogens (primary N) is 1. The van der Waals surface area contributed by atoms with Gasteiger partial charge in [-0.2, -0.15) is 0 Å². The van der Waals surface area contributed by atoms with E-state index in [1.54, 1.807) is 12.1 Å². The number of carbonyl (C=O) groups excluding carboxylic acids is 2. The van der Waals surface area contributed by atoms with Gasteiger partial charge < -0.3 is 10.6 Å². The van der Waals surface area contributed by atoms with Crippen LogP contribution in [0.25, 0.3) is 0 Å². The fourth-order valence-corrected chi connectivity index (χ4v) is 2.73. The minimum atomic E-state index is -0.481. The Hall–Kier alpha value is -0.780. The van der Waals surface area contributed by atoms with Crippen LogP contribution < -0.4 is 10.6 Å². The summed E-state index contributed by atoms with van der Waals surface area (Å²) in [5.41, 5.74) is 5.71. The lowest BCUT2D eigenvalue weighted by Crippen LogP contribution is -2.28. The van der Waals surface area contributed by atoms with Crippen LogP contribution in [0.15, 0.2) is 16.6 Å². The molecule has 1 unspecified atom stereocenters. The van der Waals surface area contributed by atoms with Crippen molar-refractivity contribution >= 4 is 56.6 Å². The predicted molar refractivity (Wildman–Crippen MR) is 73.8 cm³/mol. The maximum absolute atomic E-state index is 11.8. The monoisotopic (exact) mass is 350 g/mol. The molecular formula is C11H9BrCl2N2O2. The molecule has 1 aliphatic rings. The maximum atomic E-state index is 11.8. The highest BCUT2D eigenvalue weighted by Crippen LogP contribution is 2.39. The fraction of sp³-hybridized carbons (Fsp3) is 0.273. The molecule has 1 heterocycles. The Labute approximate surface area is 122 Å². The number of hydrogen-bond acceptors (Lipinski definition) is 2. The fourth-order valence-electron chi connectivity index (χ4n) is 1.86. The minimum absolute atomic E-state index is 0.110. The second-order valence-corrected chi connectivity index (χ2v) is 5.61. The summed E-state index contributed by atoms with van der Waals surface area (Å²) < 4.78 is 0.649. The molecule has 1 atom stereocenters. The molecule has 96 valence electrons. The third-order valence-corrected chi connectivity index (χ3v) is 4.59. The van der Waals surface area contributed by atoms with Gasteiger partial charge in [0.25, 0.3) is 0 Å². The molecule has 2 rings (SSSR count). The second-order valence-electron chi connectivity index (χ2n) is 4.00. The van der Waals surface area contributed by atoms with E-state index in [0.717, 1.165) is 0 Å². The molecule has 1 aliphatic heterocycles. The van der Waals surface area contributed by atoms with Gasteiger partial charge >= 0.3 is 0 Å². The van der Waals surface area contributed by atoms with Crippen molar-refractivity contribution in [1.82, 2.24) is 0 Å². The van der Waals surface area contributed by atoms with Crippen molar-refractivity contribution in [3.63, 3.8) is 0 Å². The van der Waals surface area contributed by atoms with E-state index in [0.29, 0.717) is 15.2 Å². The van der Waals surface area contributed by atoms with Crippen molar-refractivity contribution in [2.24, 2.45) is 11.7 Å². The van der Waals surface area contributed by atoms with Crippen LogP contribution in [0.5, 0.6) is 0 Å². The van der Waals surface area contributed by atoms with Gasteiger partial charge in [0.2, 0.25) is 11.8 Å². The van der Waals surface area contributed by atoms with Crippen molar-refractivity contribution in [2.75, 3.05) is 11.4 Å². The highest BCUT2D eigenvalue weighted by Gasteiger charge is 2.35. The Bertz CT molecular complexity index is 536. The summed E-state index contributed by atoms with van der Waals surface area (Å²) in [6, 6.07) is 3.38. The largest absolute Gasteiger partial charge is 0.369 e. The Kier molecular flexibility index (Phi) is 3.84. The van der Waals surface area contributed by atoms with Crippen LogP contribution in [0, 0.1) is 5.92 Å². The zero-order valence-electron chi connectivity index (χ0n) is 9.12. The number of benzene rings is 1. The highest BCUT2D eigenvalue weighted by molar-refractivity contribution is 9.10. The van der Waals surface area contributed by atoms with Gasteiger partial charge in [0.05, 0.1) is 21.7 Å². The third-order valence-electron chi connectivity index (χ3n) is 2.83. The van der Waals surface area contributed by atoms with Crippen LogP contribution in [-0.4, -0.2) is 18.4 Å². The first kappa shape index (κ1) is 13.6. The topological polar surface area (TPSA) is 63.4 Å². The summed E-state index contributed by atoms with van der Waals surface area (Å²) in [5.74, 6) is -1.14. The van der Waals surface area contributed by atoms with E-state index in [1.807, 2.05) is 0 Å². The van der Waals surface area contributed by atoms with E-state index in [1.165, 1.54) is 4.90 Å². The maximum Gasteiger partial charge on any atom is 0.227 e. The number of carbonyl (C=O) groups is 2. The first-order valence-corrected chi connectivity index (χ1v) is 6.70. The van der Waals surface area contributed by atoms with E-state index < -0.39 is 11.8 Å². The van der Waals surface area contributed by atoms with E-state index in [9.17, 15) is 9.59 Å². The first-order chi connectivity index (χ1) is 8.41. The molecule has 0 spiro atoms. The van der Waals surface area contributed by atoms with E-state index in [4.69, 9.17) is 28.9 Å². The zero-order chi connectivity index (χ0) is 13.4. The van der Waals surface area contributed by atoms with Crippen molar-refractivity contribution in [3.8, 4) is 0 Å². The lowest BCUT2D eigenvalue weighted by Gasteiger charge is -2.18. The Balaban J connectivity index is 2.36. The van der Waals surface area contributed by atoms with Gasteiger partial charge in [-0.05, 0) is 28.1 Å². The van der Waals surface area contributed by atoms with Gasteiger partial charge in [-0.3, -0.25) is 9.59 Å². The molecule has 0 aromatic heterocycles. The molecule has 0 aliphatic carbocycles. The number of primary amides is 1. The number of nitrogens with zero attached hydrogens (tertiary/aromatic N) is 1. The summed E-state index contributed by atoms with van der Waals surface area (Å²) in [4.78, 5) is 24.4. The number of rotatable bonds is 2. The molecule has 0 radical (unpaired) electrons. The molecule has 7 heteroatoms. The van der Waals surface area contributed by atoms with Crippen molar-refractivity contribution < 1.29 is 9.59 Å². The van der Waals surface area contributed by atoms with E-state index in [2.05, 4.69) is 15.9 Å². The van der Waals surface area contributed by atoms with Crippen LogP contribution in [0.3, 0.4) is 0 Å². The molecule has 0 bridgehead atoms. The Morgan fingerprint density at radius 3 is 2.61 bits per heavy atom. The number of amides is 2. The molecule has 4 nitrogen and oxygen atoms in total. The van der Waals surface area contributed by atoms with Crippen LogP contribution >= 0.6 is 39.1 Å². The van der Waals surface area contributed by atoms with Crippen molar-refractivity contribution in [1.29, 1.82) is 0 Å². The van der Waals surface area contributed by atoms with Crippen LogP contribution in [-0.2, 0) is 9.59 Å². The lowest BCUT2D eigenvalue weighted by atomic mass is 10.1. The quantitative estimate of drug-likeness (QED) is 0.832. The van der Waals surface area contributed by atoms with Crippen molar-refractivity contribution in [2.45, 2.75) is 6.42 Å². The number of anilines is 1. The second kappa shape index (κ2) is 5.07. The minimum Gasteiger partial charge on any atom is -0.369 e. The number of hydrogen-bond donors (Lipinski definition) is 1. The average Bonchev–Trinajstić information content (AvgIpc) is 2.69. The first-order valence-electron chi connectivity index (χ1n) is 5.15. The normalized spacial score (nSPS) is 19.4. The molecule has 1 fully saturated rings. The molecule has 1 aromatic carbocycles. The molecular weight excluding hydrogens is 343 g/mol. The van der Waals surface area contributed by atoms with Gasteiger partial charge in [-0.1, -0.05) is 23.2 Å². The highest BCUT2D eigenvalue weighted by atomic mass is 79.9. The van der Waals surface area contributed by atoms with Gasteiger partial charge in [0.15, 0.2) is 0 Å². The molecule has 18 heavy (non-hydrogen) atoms. The summed E-state index contributed by atoms with van der Waals surface area (Å²) in [6.07, 6.45) is 0.110. The predicted octanol–water partition coefficient (Wildman–Crippen LogP) is 2.59.